The average molecular weight is 245 g/mol. The molecule has 0 radical (unpaired) electrons. The van der Waals surface area contributed by atoms with Crippen LogP contribution in [-0.2, 0) is 4.79 Å². The highest BCUT2D eigenvalue weighted by atomic mass is 35.5. The standard InChI is InChI=1S/C12H20N2O.ClH/c1-12(5-6-12)11(15)14-9-2-3-10(14)8-13-7-4-9;/h9-10,13H,2-8H2,1H3;1H. The molecule has 0 spiro atoms. The maximum atomic E-state index is 12.4. The van der Waals surface area contributed by atoms with Crippen molar-refractivity contribution in [3.8, 4) is 0 Å². The predicted octanol–water partition coefficient (Wildman–Crippen LogP) is 1.56. The van der Waals surface area contributed by atoms with Crippen molar-refractivity contribution in [1.29, 1.82) is 0 Å². The van der Waals surface area contributed by atoms with Gasteiger partial charge in [0.1, 0.15) is 0 Å². The van der Waals surface area contributed by atoms with Crippen LogP contribution < -0.4 is 5.32 Å². The molecule has 3 rings (SSSR count). The molecule has 1 saturated carbocycles. The summed E-state index contributed by atoms with van der Waals surface area (Å²) in [7, 11) is 0. The molecule has 92 valence electrons. The minimum Gasteiger partial charge on any atom is -0.335 e. The smallest absolute Gasteiger partial charge is 0.229 e. The molecule has 3 nitrogen and oxygen atoms in total. The van der Waals surface area contributed by atoms with Gasteiger partial charge in [0, 0.05) is 24.0 Å². The van der Waals surface area contributed by atoms with Crippen molar-refractivity contribution in [2.24, 2.45) is 5.41 Å². The van der Waals surface area contributed by atoms with Crippen LogP contribution in [-0.4, -0.2) is 36.0 Å². The largest absolute Gasteiger partial charge is 0.335 e. The number of hydrogen-bond donors (Lipinski definition) is 1. The van der Waals surface area contributed by atoms with E-state index in [1.807, 2.05) is 0 Å². The van der Waals surface area contributed by atoms with E-state index >= 15 is 0 Å². The second kappa shape index (κ2) is 4.19. The third kappa shape index (κ3) is 1.84. The maximum Gasteiger partial charge on any atom is 0.229 e. The van der Waals surface area contributed by atoms with E-state index in [0.29, 0.717) is 18.0 Å². The molecule has 2 bridgehead atoms. The first kappa shape index (κ1) is 12.2. The summed E-state index contributed by atoms with van der Waals surface area (Å²) in [6.45, 7) is 4.23. The minimum absolute atomic E-state index is 0. The van der Waals surface area contributed by atoms with Crippen molar-refractivity contribution in [2.45, 2.75) is 51.1 Å². The van der Waals surface area contributed by atoms with Gasteiger partial charge in [0.15, 0.2) is 0 Å². The molecule has 1 N–H and O–H groups in total. The van der Waals surface area contributed by atoms with Gasteiger partial charge in [0.05, 0.1) is 0 Å². The van der Waals surface area contributed by atoms with Crippen molar-refractivity contribution in [3.05, 3.63) is 0 Å². The number of carbonyl (C=O) groups excluding carboxylic acids is 1. The molecule has 2 heterocycles. The van der Waals surface area contributed by atoms with Crippen LogP contribution in [0, 0.1) is 5.41 Å². The Morgan fingerprint density at radius 1 is 1.25 bits per heavy atom. The van der Waals surface area contributed by atoms with Gasteiger partial charge in [-0.05, 0) is 38.6 Å². The second-order valence-electron chi connectivity index (χ2n) is 5.65. The van der Waals surface area contributed by atoms with Gasteiger partial charge in [-0.25, -0.2) is 0 Å². The fraction of sp³-hybridized carbons (Fsp3) is 0.917. The maximum absolute atomic E-state index is 12.4. The third-order valence-electron chi connectivity index (χ3n) is 4.41. The summed E-state index contributed by atoms with van der Waals surface area (Å²) in [5.74, 6) is 0.443. The van der Waals surface area contributed by atoms with Crippen LogP contribution in [0.3, 0.4) is 0 Å². The van der Waals surface area contributed by atoms with E-state index in [1.54, 1.807) is 0 Å². The Kier molecular flexibility index (Phi) is 3.19. The number of fused-ring (bicyclic) bond motifs is 2. The van der Waals surface area contributed by atoms with Crippen molar-refractivity contribution in [2.75, 3.05) is 13.1 Å². The lowest BCUT2D eigenvalue weighted by Gasteiger charge is -2.30. The Hall–Kier alpha value is -0.280. The molecular weight excluding hydrogens is 224 g/mol. The van der Waals surface area contributed by atoms with Gasteiger partial charge in [-0.1, -0.05) is 6.92 Å². The van der Waals surface area contributed by atoms with Gasteiger partial charge in [-0.3, -0.25) is 4.79 Å². The molecule has 4 heteroatoms. The molecule has 16 heavy (non-hydrogen) atoms. The van der Waals surface area contributed by atoms with Crippen LogP contribution in [0.5, 0.6) is 0 Å². The summed E-state index contributed by atoms with van der Waals surface area (Å²) in [6.07, 6.45) is 5.80. The molecule has 2 saturated heterocycles. The molecule has 1 amide bonds. The zero-order valence-corrected chi connectivity index (χ0v) is 10.7. The number of hydrogen-bond acceptors (Lipinski definition) is 2. The van der Waals surface area contributed by atoms with Crippen molar-refractivity contribution in [1.82, 2.24) is 10.2 Å². The molecule has 2 aliphatic heterocycles. The number of nitrogens with zero attached hydrogens (tertiary/aromatic N) is 1. The van der Waals surface area contributed by atoms with Crippen LogP contribution in [0.1, 0.15) is 39.0 Å². The SMILES string of the molecule is CC1(C(=O)N2C3CCNCC2CC3)CC1.Cl. The lowest BCUT2D eigenvalue weighted by molar-refractivity contribution is -0.139. The van der Waals surface area contributed by atoms with Crippen LogP contribution in [0.2, 0.25) is 0 Å². The summed E-state index contributed by atoms with van der Waals surface area (Å²) >= 11 is 0. The minimum atomic E-state index is 0. The Bertz CT molecular complexity index is 277. The van der Waals surface area contributed by atoms with Gasteiger partial charge >= 0.3 is 0 Å². The highest BCUT2D eigenvalue weighted by molar-refractivity contribution is 5.86. The van der Waals surface area contributed by atoms with Gasteiger partial charge in [-0.15, -0.1) is 12.4 Å². The molecule has 0 aromatic carbocycles. The number of carbonyl (C=O) groups is 1. The van der Waals surface area contributed by atoms with E-state index in [4.69, 9.17) is 0 Å². The summed E-state index contributed by atoms with van der Waals surface area (Å²) in [6, 6.07) is 1.03. The Labute approximate surface area is 103 Å². The van der Waals surface area contributed by atoms with Crippen molar-refractivity contribution in [3.63, 3.8) is 0 Å². The van der Waals surface area contributed by atoms with Crippen LogP contribution >= 0.6 is 12.4 Å². The van der Waals surface area contributed by atoms with Gasteiger partial charge in [-0.2, -0.15) is 0 Å². The van der Waals surface area contributed by atoms with Gasteiger partial charge in [0.25, 0.3) is 0 Å². The first-order valence-electron chi connectivity index (χ1n) is 6.24. The highest BCUT2D eigenvalue weighted by Gasteiger charge is 2.51. The summed E-state index contributed by atoms with van der Waals surface area (Å²) in [5, 5.41) is 3.44. The molecule has 2 atom stereocenters. The molecular formula is C12H21ClN2O. The summed E-state index contributed by atoms with van der Waals surface area (Å²) < 4.78 is 0. The van der Waals surface area contributed by atoms with E-state index in [-0.39, 0.29) is 17.8 Å². The third-order valence-corrected chi connectivity index (χ3v) is 4.41. The molecule has 0 aromatic rings. The molecule has 3 fully saturated rings. The first-order valence-corrected chi connectivity index (χ1v) is 6.24. The molecule has 0 aromatic heterocycles. The number of rotatable bonds is 1. The first-order chi connectivity index (χ1) is 7.21. The van der Waals surface area contributed by atoms with Crippen LogP contribution in [0.15, 0.2) is 0 Å². The summed E-state index contributed by atoms with van der Waals surface area (Å²) in [4.78, 5) is 14.6. The topological polar surface area (TPSA) is 32.3 Å². The zero-order valence-electron chi connectivity index (χ0n) is 9.87. The number of nitrogens with one attached hydrogen (secondary N) is 1. The van der Waals surface area contributed by atoms with E-state index in [0.717, 1.165) is 32.4 Å². The predicted molar refractivity (Wildman–Crippen MR) is 65.7 cm³/mol. The molecule has 3 aliphatic rings. The fourth-order valence-corrected chi connectivity index (χ4v) is 3.03. The van der Waals surface area contributed by atoms with E-state index in [9.17, 15) is 4.79 Å². The van der Waals surface area contributed by atoms with E-state index in [2.05, 4.69) is 17.1 Å². The van der Waals surface area contributed by atoms with E-state index in [1.165, 1.54) is 12.8 Å². The second-order valence-corrected chi connectivity index (χ2v) is 5.65. The monoisotopic (exact) mass is 244 g/mol. The fourth-order valence-electron chi connectivity index (χ4n) is 3.03. The van der Waals surface area contributed by atoms with Gasteiger partial charge < -0.3 is 10.2 Å². The van der Waals surface area contributed by atoms with Crippen LogP contribution in [0.25, 0.3) is 0 Å². The normalized spacial score (nSPS) is 35.2. The quantitative estimate of drug-likeness (QED) is 0.759. The summed E-state index contributed by atoms with van der Waals surface area (Å²) in [5.41, 5.74) is 0.0190. The Morgan fingerprint density at radius 2 is 1.94 bits per heavy atom. The lowest BCUT2D eigenvalue weighted by atomic mass is 10.1. The van der Waals surface area contributed by atoms with Gasteiger partial charge in [0.2, 0.25) is 5.91 Å². The number of amides is 1. The van der Waals surface area contributed by atoms with Crippen molar-refractivity contribution >= 4 is 18.3 Å². The van der Waals surface area contributed by atoms with E-state index < -0.39 is 0 Å². The average Bonchev–Trinajstić information content (AvgIpc) is 2.85. The van der Waals surface area contributed by atoms with Crippen LogP contribution in [0.4, 0.5) is 0 Å². The molecule has 1 aliphatic carbocycles. The lowest BCUT2D eigenvalue weighted by Crippen LogP contribution is -2.45. The highest BCUT2D eigenvalue weighted by Crippen LogP contribution is 2.48. The van der Waals surface area contributed by atoms with Crippen molar-refractivity contribution < 1.29 is 4.79 Å². The molecule has 2 unspecified atom stereocenters. The number of halogens is 1. The Balaban J connectivity index is 0.000000963. The Morgan fingerprint density at radius 3 is 2.62 bits per heavy atom. The zero-order chi connectivity index (χ0) is 10.5.